The van der Waals surface area contributed by atoms with Crippen molar-refractivity contribution in [2.75, 3.05) is 0 Å². The second-order valence-electron chi connectivity index (χ2n) is 5.87. The van der Waals surface area contributed by atoms with Crippen molar-refractivity contribution in [1.29, 1.82) is 0 Å². The normalized spacial score (nSPS) is 32.0. The Morgan fingerprint density at radius 3 is 2.31 bits per heavy atom. The summed E-state index contributed by atoms with van der Waals surface area (Å²) in [5.41, 5.74) is -0.643. The highest BCUT2D eigenvalue weighted by molar-refractivity contribution is 5.81. The van der Waals surface area contributed by atoms with Gasteiger partial charge in [0.2, 0.25) is 5.91 Å². The van der Waals surface area contributed by atoms with Gasteiger partial charge < -0.3 is 10.4 Å². The quantitative estimate of drug-likeness (QED) is 0.760. The number of carbonyl (C=O) groups is 2. The van der Waals surface area contributed by atoms with Gasteiger partial charge in [-0.3, -0.25) is 9.59 Å². The Hall–Kier alpha value is -1.06. The SMILES string of the molecule is CC(C)(CC(=O)O)NC(=O)C1CC2CC2C1. The Bertz CT molecular complexity index is 314. The maximum absolute atomic E-state index is 11.9. The lowest BCUT2D eigenvalue weighted by molar-refractivity contribution is -0.139. The molecule has 16 heavy (non-hydrogen) atoms. The van der Waals surface area contributed by atoms with Gasteiger partial charge in [-0.15, -0.1) is 0 Å². The molecule has 4 heteroatoms. The molecule has 0 aliphatic heterocycles. The van der Waals surface area contributed by atoms with Gasteiger partial charge >= 0.3 is 5.97 Å². The number of hydrogen-bond acceptors (Lipinski definition) is 2. The third kappa shape index (κ3) is 2.54. The molecule has 0 aromatic rings. The molecule has 0 radical (unpaired) electrons. The molecule has 2 atom stereocenters. The molecule has 0 heterocycles. The van der Waals surface area contributed by atoms with E-state index >= 15 is 0 Å². The van der Waals surface area contributed by atoms with Gasteiger partial charge in [0.05, 0.1) is 6.42 Å². The number of carbonyl (C=O) groups excluding carboxylic acids is 1. The van der Waals surface area contributed by atoms with Gasteiger partial charge in [-0.1, -0.05) is 0 Å². The van der Waals surface area contributed by atoms with E-state index in [1.165, 1.54) is 6.42 Å². The highest BCUT2D eigenvalue weighted by Gasteiger charge is 2.48. The molecule has 0 bridgehead atoms. The lowest BCUT2D eigenvalue weighted by atomic mass is 9.97. The first kappa shape index (κ1) is 11.4. The van der Waals surface area contributed by atoms with Crippen molar-refractivity contribution in [3.05, 3.63) is 0 Å². The number of hydrogen-bond donors (Lipinski definition) is 2. The zero-order chi connectivity index (χ0) is 11.9. The predicted octanol–water partition coefficient (Wildman–Crippen LogP) is 1.40. The molecular formula is C12H19NO3. The van der Waals surface area contributed by atoms with Crippen LogP contribution in [-0.2, 0) is 9.59 Å². The van der Waals surface area contributed by atoms with Crippen molar-refractivity contribution in [3.63, 3.8) is 0 Å². The van der Waals surface area contributed by atoms with E-state index < -0.39 is 11.5 Å². The molecule has 2 aliphatic rings. The standard InChI is InChI=1S/C12H19NO3/c1-12(2,6-10(14)15)13-11(16)9-4-7-3-8(7)5-9/h7-9H,3-6H2,1-2H3,(H,13,16)(H,14,15). The number of amides is 1. The first-order valence-corrected chi connectivity index (χ1v) is 5.91. The summed E-state index contributed by atoms with van der Waals surface area (Å²) in [6.45, 7) is 3.52. The van der Waals surface area contributed by atoms with E-state index in [9.17, 15) is 9.59 Å². The Balaban J connectivity index is 1.84. The van der Waals surface area contributed by atoms with Crippen LogP contribution in [0, 0.1) is 17.8 Å². The van der Waals surface area contributed by atoms with Crippen LogP contribution in [0.4, 0.5) is 0 Å². The van der Waals surface area contributed by atoms with E-state index in [2.05, 4.69) is 5.32 Å². The van der Waals surface area contributed by atoms with Crippen molar-refractivity contribution in [2.45, 2.75) is 45.1 Å². The minimum Gasteiger partial charge on any atom is -0.481 e. The Labute approximate surface area is 95.4 Å². The average molecular weight is 225 g/mol. The molecule has 2 aliphatic carbocycles. The lowest BCUT2D eigenvalue weighted by Gasteiger charge is -2.26. The molecule has 0 spiro atoms. The Morgan fingerprint density at radius 2 is 1.81 bits per heavy atom. The fraction of sp³-hybridized carbons (Fsp3) is 0.833. The number of rotatable bonds is 4. The molecule has 0 aromatic carbocycles. The van der Waals surface area contributed by atoms with E-state index in [4.69, 9.17) is 5.11 Å². The fourth-order valence-corrected chi connectivity index (χ4v) is 2.79. The van der Waals surface area contributed by atoms with E-state index in [1.54, 1.807) is 13.8 Å². The summed E-state index contributed by atoms with van der Waals surface area (Å²) in [6.07, 6.45) is 3.26. The van der Waals surface area contributed by atoms with Crippen molar-refractivity contribution < 1.29 is 14.7 Å². The first-order valence-electron chi connectivity index (χ1n) is 5.91. The summed E-state index contributed by atoms with van der Waals surface area (Å²) in [6, 6.07) is 0. The van der Waals surface area contributed by atoms with Crippen LogP contribution in [0.1, 0.15) is 39.5 Å². The second-order valence-corrected chi connectivity index (χ2v) is 5.87. The van der Waals surface area contributed by atoms with Gasteiger partial charge in [0, 0.05) is 11.5 Å². The van der Waals surface area contributed by atoms with Crippen LogP contribution in [0.25, 0.3) is 0 Å². The molecule has 2 fully saturated rings. The third-order valence-corrected chi connectivity index (χ3v) is 3.67. The van der Waals surface area contributed by atoms with Gasteiger partial charge in [0.1, 0.15) is 0 Å². The predicted molar refractivity (Wildman–Crippen MR) is 58.8 cm³/mol. The van der Waals surface area contributed by atoms with E-state index in [0.717, 1.165) is 24.7 Å². The van der Waals surface area contributed by atoms with Crippen LogP contribution < -0.4 is 5.32 Å². The monoisotopic (exact) mass is 225 g/mol. The van der Waals surface area contributed by atoms with Gasteiger partial charge in [0.15, 0.2) is 0 Å². The van der Waals surface area contributed by atoms with E-state index in [1.807, 2.05) is 0 Å². The molecule has 2 N–H and O–H groups in total. The first-order chi connectivity index (χ1) is 7.37. The molecule has 2 saturated carbocycles. The molecule has 0 aromatic heterocycles. The molecule has 2 rings (SSSR count). The topological polar surface area (TPSA) is 66.4 Å². The van der Waals surface area contributed by atoms with Crippen LogP contribution in [0.15, 0.2) is 0 Å². The smallest absolute Gasteiger partial charge is 0.305 e. The molecule has 1 amide bonds. The van der Waals surface area contributed by atoms with Gasteiger partial charge in [0.25, 0.3) is 0 Å². The largest absolute Gasteiger partial charge is 0.481 e. The minimum atomic E-state index is -0.875. The minimum absolute atomic E-state index is 0.0294. The lowest BCUT2D eigenvalue weighted by Crippen LogP contribution is -2.47. The van der Waals surface area contributed by atoms with E-state index in [-0.39, 0.29) is 18.2 Å². The number of fused-ring (bicyclic) bond motifs is 1. The maximum atomic E-state index is 11.9. The summed E-state index contributed by atoms with van der Waals surface area (Å²) in [7, 11) is 0. The van der Waals surface area contributed by atoms with Crippen LogP contribution >= 0.6 is 0 Å². The van der Waals surface area contributed by atoms with Crippen LogP contribution in [0.5, 0.6) is 0 Å². The van der Waals surface area contributed by atoms with Crippen molar-refractivity contribution >= 4 is 11.9 Å². The zero-order valence-corrected chi connectivity index (χ0v) is 9.82. The maximum Gasteiger partial charge on any atom is 0.305 e. The Morgan fingerprint density at radius 1 is 1.25 bits per heavy atom. The fourth-order valence-electron chi connectivity index (χ4n) is 2.79. The number of nitrogens with one attached hydrogen (secondary N) is 1. The summed E-state index contributed by atoms with van der Waals surface area (Å²) < 4.78 is 0. The molecule has 4 nitrogen and oxygen atoms in total. The number of aliphatic carboxylic acids is 1. The van der Waals surface area contributed by atoms with Gasteiger partial charge in [-0.2, -0.15) is 0 Å². The molecular weight excluding hydrogens is 206 g/mol. The van der Waals surface area contributed by atoms with E-state index in [0.29, 0.717) is 0 Å². The van der Waals surface area contributed by atoms with Crippen molar-refractivity contribution in [2.24, 2.45) is 17.8 Å². The molecule has 90 valence electrons. The second kappa shape index (κ2) is 3.75. The molecule has 0 saturated heterocycles. The van der Waals surface area contributed by atoms with Crippen molar-refractivity contribution in [1.82, 2.24) is 5.32 Å². The molecule has 2 unspecified atom stereocenters. The van der Waals surface area contributed by atoms with Crippen LogP contribution in [0.2, 0.25) is 0 Å². The highest BCUT2D eigenvalue weighted by Crippen LogP contribution is 2.54. The Kier molecular flexibility index (Phi) is 2.68. The van der Waals surface area contributed by atoms with Gasteiger partial charge in [-0.05, 0) is 44.9 Å². The third-order valence-electron chi connectivity index (χ3n) is 3.67. The number of carboxylic acid groups (broad SMARTS) is 1. The zero-order valence-electron chi connectivity index (χ0n) is 9.82. The highest BCUT2D eigenvalue weighted by atomic mass is 16.4. The number of carboxylic acids is 1. The van der Waals surface area contributed by atoms with Crippen molar-refractivity contribution in [3.8, 4) is 0 Å². The average Bonchev–Trinajstić information content (AvgIpc) is 2.70. The van der Waals surface area contributed by atoms with Gasteiger partial charge in [-0.25, -0.2) is 0 Å². The summed E-state index contributed by atoms with van der Waals surface area (Å²) in [5.74, 6) is 0.839. The summed E-state index contributed by atoms with van der Waals surface area (Å²) in [5, 5.41) is 11.6. The summed E-state index contributed by atoms with van der Waals surface area (Å²) in [4.78, 5) is 22.5. The summed E-state index contributed by atoms with van der Waals surface area (Å²) >= 11 is 0. The van der Waals surface area contributed by atoms with Crippen LogP contribution in [0.3, 0.4) is 0 Å². The van der Waals surface area contributed by atoms with Crippen LogP contribution in [-0.4, -0.2) is 22.5 Å².